The number of carbonyl (C=O) groups excluding carboxylic acids is 1. The third-order valence-electron chi connectivity index (χ3n) is 5.88. The Morgan fingerprint density at radius 1 is 1.33 bits per heavy atom. The number of amides is 1. The maximum Gasteiger partial charge on any atom is 0.251 e. The van der Waals surface area contributed by atoms with Gasteiger partial charge in [0.05, 0.1) is 19.4 Å². The molecule has 0 fully saturated rings. The zero-order chi connectivity index (χ0) is 22.9. The molecule has 0 aliphatic carbocycles. The molecule has 11 nitrogen and oxygen atoms in total. The maximum atomic E-state index is 12.4. The van der Waals surface area contributed by atoms with Gasteiger partial charge in [-0.05, 0) is 53.7 Å². The number of nitrogens with zero attached hydrogens (tertiary/aromatic N) is 5. The van der Waals surface area contributed by atoms with Crippen molar-refractivity contribution in [2.75, 3.05) is 40.6 Å². The minimum Gasteiger partial charge on any atom is -0.492 e. The number of tetrazole rings is 1. The van der Waals surface area contributed by atoms with Crippen LogP contribution in [-0.2, 0) is 6.42 Å². The van der Waals surface area contributed by atoms with Crippen LogP contribution < -0.4 is 19.5 Å². The Hall–Kier alpha value is -3.70. The second-order valence-corrected chi connectivity index (χ2v) is 7.83. The van der Waals surface area contributed by atoms with Crippen LogP contribution in [0.25, 0.3) is 5.69 Å². The molecule has 3 heterocycles. The van der Waals surface area contributed by atoms with Gasteiger partial charge in [0.15, 0.2) is 17.3 Å². The standard InChI is InChI=1S/C22H24N6O5/c1-27-8-6-13-11-16-19(33-12-32-16)20(31-2)17(13)18(27)21-24-25-26-28(21)15-5-3-4-14(10-15)22(30)23-7-9-29/h3-5,10-11,18,29H,6-9,12H2,1-2H3,(H,23,30)/t18-/m0/s1. The summed E-state index contributed by atoms with van der Waals surface area (Å²) in [6.45, 7) is 0.990. The van der Waals surface area contributed by atoms with Crippen LogP contribution in [-0.4, -0.2) is 76.8 Å². The second-order valence-electron chi connectivity index (χ2n) is 7.83. The predicted molar refractivity (Wildman–Crippen MR) is 116 cm³/mol. The number of hydrogen-bond donors (Lipinski definition) is 2. The largest absolute Gasteiger partial charge is 0.492 e. The Morgan fingerprint density at radius 2 is 2.21 bits per heavy atom. The summed E-state index contributed by atoms with van der Waals surface area (Å²) in [6.07, 6.45) is 0.817. The smallest absolute Gasteiger partial charge is 0.251 e. The highest BCUT2D eigenvalue weighted by Crippen LogP contribution is 2.50. The molecule has 2 aliphatic rings. The first-order valence-electron chi connectivity index (χ1n) is 10.6. The van der Waals surface area contributed by atoms with Crippen LogP contribution in [0.15, 0.2) is 30.3 Å². The van der Waals surface area contributed by atoms with E-state index in [1.54, 1.807) is 30.0 Å². The van der Waals surface area contributed by atoms with Gasteiger partial charge in [-0.2, -0.15) is 4.68 Å². The molecule has 2 aliphatic heterocycles. The van der Waals surface area contributed by atoms with Gasteiger partial charge in [-0.15, -0.1) is 5.10 Å². The lowest BCUT2D eigenvalue weighted by atomic mass is 9.90. The number of rotatable bonds is 6. The van der Waals surface area contributed by atoms with Crippen molar-refractivity contribution < 1.29 is 24.1 Å². The first-order chi connectivity index (χ1) is 16.1. The van der Waals surface area contributed by atoms with Crippen LogP contribution in [0.4, 0.5) is 0 Å². The van der Waals surface area contributed by atoms with Gasteiger partial charge < -0.3 is 24.6 Å². The highest BCUT2D eigenvalue weighted by molar-refractivity contribution is 5.94. The van der Waals surface area contributed by atoms with Gasteiger partial charge in [-0.25, -0.2) is 0 Å². The van der Waals surface area contributed by atoms with Gasteiger partial charge in [-0.3, -0.25) is 9.69 Å². The van der Waals surface area contributed by atoms with Crippen molar-refractivity contribution in [2.45, 2.75) is 12.5 Å². The Morgan fingerprint density at radius 3 is 3.03 bits per heavy atom. The van der Waals surface area contributed by atoms with Crippen LogP contribution in [0.5, 0.6) is 17.2 Å². The van der Waals surface area contributed by atoms with E-state index in [2.05, 4.69) is 25.7 Å². The van der Waals surface area contributed by atoms with Crippen molar-refractivity contribution in [1.29, 1.82) is 0 Å². The molecule has 2 aromatic carbocycles. The van der Waals surface area contributed by atoms with E-state index >= 15 is 0 Å². The third kappa shape index (κ3) is 3.64. The number of fused-ring (bicyclic) bond motifs is 2. The van der Waals surface area contributed by atoms with E-state index in [1.807, 2.05) is 19.2 Å². The number of aliphatic hydroxyl groups excluding tert-OH is 1. The number of aromatic nitrogens is 4. The summed E-state index contributed by atoms with van der Waals surface area (Å²) in [5.41, 5.74) is 3.11. The van der Waals surface area contributed by atoms with Crippen LogP contribution in [0, 0.1) is 0 Å². The molecule has 172 valence electrons. The highest BCUT2D eigenvalue weighted by atomic mass is 16.7. The van der Waals surface area contributed by atoms with E-state index in [4.69, 9.17) is 19.3 Å². The van der Waals surface area contributed by atoms with E-state index in [9.17, 15) is 4.79 Å². The van der Waals surface area contributed by atoms with Crippen LogP contribution in [0.1, 0.15) is 33.4 Å². The molecule has 0 spiro atoms. The average molecular weight is 452 g/mol. The summed E-state index contributed by atoms with van der Waals surface area (Å²) in [7, 11) is 3.62. The summed E-state index contributed by atoms with van der Waals surface area (Å²) < 4.78 is 18.7. The molecule has 11 heteroatoms. The van der Waals surface area contributed by atoms with E-state index in [0.717, 1.165) is 24.1 Å². The summed E-state index contributed by atoms with van der Waals surface area (Å²) in [4.78, 5) is 14.5. The van der Waals surface area contributed by atoms with Crippen LogP contribution in [0.2, 0.25) is 0 Å². The summed E-state index contributed by atoms with van der Waals surface area (Å²) in [6, 6.07) is 8.72. The highest BCUT2D eigenvalue weighted by Gasteiger charge is 2.37. The number of aliphatic hydroxyl groups is 1. The third-order valence-corrected chi connectivity index (χ3v) is 5.88. The second kappa shape index (κ2) is 8.68. The van der Waals surface area contributed by atoms with Crippen LogP contribution in [0.3, 0.4) is 0 Å². The number of nitrogens with one attached hydrogen (secondary N) is 1. The van der Waals surface area contributed by atoms with Gasteiger partial charge in [-0.1, -0.05) is 6.07 Å². The Balaban J connectivity index is 1.59. The Bertz CT molecular complexity index is 1200. The molecule has 1 atom stereocenters. The molecule has 0 unspecified atom stereocenters. The molecule has 0 saturated heterocycles. The van der Waals surface area contributed by atoms with Gasteiger partial charge in [0.2, 0.25) is 12.5 Å². The van der Waals surface area contributed by atoms with E-state index < -0.39 is 0 Å². The lowest BCUT2D eigenvalue weighted by Crippen LogP contribution is -2.35. The molecule has 2 N–H and O–H groups in total. The van der Waals surface area contributed by atoms with Crippen molar-refractivity contribution in [3.05, 3.63) is 52.8 Å². The molecule has 3 aromatic rings. The Labute approximate surface area is 189 Å². The predicted octanol–water partition coefficient (Wildman–Crippen LogP) is 0.699. The molecule has 1 amide bonds. The monoisotopic (exact) mass is 452 g/mol. The quantitative estimate of drug-likeness (QED) is 0.556. The molecule has 33 heavy (non-hydrogen) atoms. The average Bonchev–Trinajstić information content (AvgIpc) is 3.51. The first kappa shape index (κ1) is 21.2. The fourth-order valence-corrected chi connectivity index (χ4v) is 4.36. The fraction of sp³-hybridized carbons (Fsp3) is 0.364. The zero-order valence-corrected chi connectivity index (χ0v) is 18.3. The fourth-order valence-electron chi connectivity index (χ4n) is 4.36. The van der Waals surface area contributed by atoms with E-state index in [0.29, 0.717) is 34.3 Å². The van der Waals surface area contributed by atoms with Crippen molar-refractivity contribution in [1.82, 2.24) is 30.4 Å². The topological polar surface area (TPSA) is 124 Å². The van der Waals surface area contributed by atoms with Gasteiger partial charge in [0, 0.05) is 24.2 Å². The normalized spacial score (nSPS) is 17.0. The first-order valence-corrected chi connectivity index (χ1v) is 10.6. The van der Waals surface area contributed by atoms with Crippen molar-refractivity contribution in [2.24, 2.45) is 0 Å². The number of methoxy groups -OCH3 is 1. The SMILES string of the molecule is COc1c2c(cc3c1[C@@H](c1nnnn1-c1cccc(C(=O)NCCO)c1)N(C)CC3)OCO2. The maximum absolute atomic E-state index is 12.4. The zero-order valence-electron chi connectivity index (χ0n) is 18.3. The summed E-state index contributed by atoms with van der Waals surface area (Å²) in [5, 5.41) is 24.2. The summed E-state index contributed by atoms with van der Waals surface area (Å²) in [5.74, 6) is 2.18. The lowest BCUT2D eigenvalue weighted by molar-refractivity contribution is 0.0944. The molecule has 1 aromatic heterocycles. The minimum atomic E-state index is -0.305. The number of benzene rings is 2. The number of carbonyl (C=O) groups is 1. The van der Waals surface area contributed by atoms with E-state index in [-0.39, 0.29) is 31.9 Å². The van der Waals surface area contributed by atoms with Crippen molar-refractivity contribution in [3.63, 3.8) is 0 Å². The van der Waals surface area contributed by atoms with Crippen LogP contribution >= 0.6 is 0 Å². The molecular formula is C22H24N6O5. The van der Waals surface area contributed by atoms with Gasteiger partial charge in [0.1, 0.15) is 6.04 Å². The molecule has 5 rings (SSSR count). The number of likely N-dealkylation sites (N-methyl/N-ethyl adjacent to an activating group) is 1. The molecule has 0 bridgehead atoms. The van der Waals surface area contributed by atoms with Gasteiger partial charge in [0.25, 0.3) is 5.91 Å². The lowest BCUT2D eigenvalue weighted by Gasteiger charge is -2.34. The van der Waals surface area contributed by atoms with Crippen molar-refractivity contribution >= 4 is 5.91 Å². The van der Waals surface area contributed by atoms with E-state index in [1.165, 1.54) is 0 Å². The number of hydrogen-bond acceptors (Lipinski definition) is 9. The van der Waals surface area contributed by atoms with Gasteiger partial charge >= 0.3 is 0 Å². The van der Waals surface area contributed by atoms with Crippen molar-refractivity contribution in [3.8, 4) is 22.9 Å². The molecule has 0 saturated carbocycles. The summed E-state index contributed by atoms with van der Waals surface area (Å²) >= 11 is 0. The number of ether oxygens (including phenoxy) is 3. The minimum absolute atomic E-state index is 0.129. The molecule has 0 radical (unpaired) electrons. The molecular weight excluding hydrogens is 428 g/mol. The Kier molecular flexibility index (Phi) is 5.56.